The highest BCUT2D eigenvalue weighted by molar-refractivity contribution is 9.10. The molecule has 0 saturated carbocycles. The van der Waals surface area contributed by atoms with E-state index in [1.807, 2.05) is 53.4 Å². The van der Waals surface area contributed by atoms with Gasteiger partial charge in [-0.05, 0) is 24.6 Å². The van der Waals surface area contributed by atoms with Crippen molar-refractivity contribution in [1.29, 1.82) is 0 Å². The second-order valence-electron chi connectivity index (χ2n) is 8.14. The van der Waals surface area contributed by atoms with Crippen LogP contribution in [0.15, 0.2) is 57.8 Å². The van der Waals surface area contributed by atoms with Gasteiger partial charge in [0.15, 0.2) is 5.82 Å². The second kappa shape index (κ2) is 9.19. The molecule has 8 heteroatoms. The third-order valence-electron chi connectivity index (χ3n) is 5.90. The summed E-state index contributed by atoms with van der Waals surface area (Å²) >= 11 is 4.65. The van der Waals surface area contributed by atoms with Crippen LogP contribution in [0.4, 0.5) is 5.69 Å². The first-order valence-corrected chi connectivity index (χ1v) is 12.8. The fourth-order valence-corrected chi connectivity index (χ4v) is 5.46. The van der Waals surface area contributed by atoms with Crippen molar-refractivity contribution >= 4 is 49.4 Å². The van der Waals surface area contributed by atoms with E-state index in [9.17, 15) is 9.59 Å². The lowest BCUT2D eigenvalue weighted by atomic mass is 10.1. The number of hydrogen-bond donors (Lipinski definition) is 0. The Morgan fingerprint density at radius 3 is 2.48 bits per heavy atom. The van der Waals surface area contributed by atoms with Crippen molar-refractivity contribution in [3.63, 3.8) is 0 Å². The van der Waals surface area contributed by atoms with Crippen molar-refractivity contribution in [2.45, 2.75) is 39.0 Å². The van der Waals surface area contributed by atoms with Crippen LogP contribution in [0.3, 0.4) is 0 Å². The second-order valence-corrected chi connectivity index (χ2v) is 10.0. The van der Waals surface area contributed by atoms with Crippen LogP contribution >= 0.6 is 27.3 Å². The topological polar surface area (TPSA) is 67.6 Å². The molecule has 0 aliphatic carbocycles. The number of hydrogen-bond acceptors (Lipinski definition) is 5. The van der Waals surface area contributed by atoms with E-state index in [1.165, 1.54) is 35.1 Å². The maximum atomic E-state index is 13.5. The Labute approximate surface area is 203 Å². The summed E-state index contributed by atoms with van der Waals surface area (Å²) in [6, 6.07) is 15.3. The quantitative estimate of drug-likeness (QED) is 0.326. The van der Waals surface area contributed by atoms with Gasteiger partial charge in [0.1, 0.15) is 4.53 Å². The van der Waals surface area contributed by atoms with Crippen LogP contribution in [-0.2, 0) is 4.79 Å². The zero-order valence-corrected chi connectivity index (χ0v) is 20.7. The number of nitrogens with zero attached hydrogens (tertiary/aromatic N) is 4. The molecule has 0 N–H and O–H groups in total. The number of rotatable bonds is 7. The Hall–Kier alpha value is -2.84. The maximum absolute atomic E-state index is 13.5. The molecule has 2 aromatic carbocycles. The molecular formula is C25H23BrN4O2S. The standard InChI is InChI=1S/C25H23BrN4O2S/c1-2-3-4-5-8-15-29-19-10-7-6-9-18(19)20(23(29)31)21-24(32)30-25(33-21)27-22(28-30)16-11-13-17(26)14-12-16/h6-7,9-14H,2-5,8,15H2,1H3. The number of amides is 1. The van der Waals surface area contributed by atoms with Crippen molar-refractivity contribution in [3.05, 3.63) is 73.5 Å². The fourth-order valence-electron chi connectivity index (χ4n) is 4.20. The number of halogens is 1. The highest BCUT2D eigenvalue weighted by Crippen LogP contribution is 2.35. The van der Waals surface area contributed by atoms with E-state index < -0.39 is 0 Å². The Balaban J connectivity index is 1.54. The van der Waals surface area contributed by atoms with Crippen molar-refractivity contribution in [1.82, 2.24) is 14.6 Å². The zero-order valence-electron chi connectivity index (χ0n) is 18.3. The summed E-state index contributed by atoms with van der Waals surface area (Å²) in [5, 5.41) is 4.43. The first-order valence-electron chi connectivity index (χ1n) is 11.2. The Bertz CT molecular complexity index is 1440. The van der Waals surface area contributed by atoms with Gasteiger partial charge in [-0.15, -0.1) is 5.10 Å². The maximum Gasteiger partial charge on any atom is 0.291 e. The molecule has 5 rings (SSSR count). The molecule has 0 fully saturated rings. The van der Waals surface area contributed by atoms with E-state index in [2.05, 4.69) is 32.9 Å². The highest BCUT2D eigenvalue weighted by Gasteiger charge is 2.33. The highest BCUT2D eigenvalue weighted by atomic mass is 79.9. The van der Waals surface area contributed by atoms with Crippen molar-refractivity contribution in [2.75, 3.05) is 11.4 Å². The molecule has 0 saturated heterocycles. The molecular weight excluding hydrogens is 500 g/mol. The number of benzene rings is 2. The fraction of sp³-hybridized carbons (Fsp3) is 0.280. The summed E-state index contributed by atoms with van der Waals surface area (Å²) in [6.07, 6.45) is 5.62. The predicted octanol–water partition coefficient (Wildman–Crippen LogP) is 4.82. The van der Waals surface area contributed by atoms with Gasteiger partial charge in [0.25, 0.3) is 11.5 Å². The van der Waals surface area contributed by atoms with Crippen molar-refractivity contribution < 1.29 is 4.79 Å². The van der Waals surface area contributed by atoms with Gasteiger partial charge in [-0.3, -0.25) is 9.59 Å². The van der Waals surface area contributed by atoms with Crippen LogP contribution in [0.1, 0.15) is 44.6 Å². The van der Waals surface area contributed by atoms with Gasteiger partial charge in [0, 0.05) is 22.1 Å². The van der Waals surface area contributed by atoms with Gasteiger partial charge in [0.2, 0.25) is 4.96 Å². The Morgan fingerprint density at radius 2 is 1.73 bits per heavy atom. The molecule has 33 heavy (non-hydrogen) atoms. The number of fused-ring (bicyclic) bond motifs is 2. The number of anilines is 1. The molecule has 0 atom stereocenters. The van der Waals surface area contributed by atoms with Crippen molar-refractivity contribution in [2.24, 2.45) is 0 Å². The van der Waals surface area contributed by atoms with E-state index in [1.54, 1.807) is 0 Å². The normalized spacial score (nSPS) is 15.0. The van der Waals surface area contributed by atoms with Crippen LogP contribution in [0.5, 0.6) is 0 Å². The minimum atomic E-state index is -0.297. The smallest absolute Gasteiger partial charge is 0.291 e. The molecule has 1 amide bonds. The molecule has 2 aromatic heterocycles. The van der Waals surface area contributed by atoms with E-state index in [0.29, 0.717) is 27.4 Å². The summed E-state index contributed by atoms with van der Waals surface area (Å²) in [4.78, 5) is 33.6. The molecule has 1 aliphatic rings. The van der Waals surface area contributed by atoms with Gasteiger partial charge < -0.3 is 4.90 Å². The Kier molecular flexibility index (Phi) is 6.12. The number of para-hydroxylation sites is 1. The van der Waals surface area contributed by atoms with Gasteiger partial charge in [0.05, 0.1) is 11.3 Å². The summed E-state index contributed by atoms with van der Waals surface area (Å²) in [5.41, 5.74) is 2.69. The number of thiazole rings is 1. The molecule has 0 radical (unpaired) electrons. The minimum Gasteiger partial charge on any atom is -0.308 e. The average Bonchev–Trinajstić information content (AvgIpc) is 3.45. The first kappa shape index (κ1) is 22.0. The largest absolute Gasteiger partial charge is 0.308 e. The number of aromatic nitrogens is 3. The lowest BCUT2D eigenvalue weighted by molar-refractivity contribution is -0.113. The summed E-state index contributed by atoms with van der Waals surface area (Å²) in [6.45, 7) is 2.85. The predicted molar refractivity (Wildman–Crippen MR) is 136 cm³/mol. The molecule has 0 bridgehead atoms. The van der Waals surface area contributed by atoms with Gasteiger partial charge in [-0.25, -0.2) is 0 Å². The summed E-state index contributed by atoms with van der Waals surface area (Å²) in [7, 11) is 0. The number of carbonyl (C=O) groups excluding carboxylic acids is 1. The SMILES string of the molecule is CCCCCCCN1C(=O)C(=c2sc3nc(-c4ccc(Br)cc4)nn3c2=O)c2ccccc21. The molecule has 0 unspecified atom stereocenters. The van der Waals surface area contributed by atoms with Gasteiger partial charge in [-0.2, -0.15) is 9.50 Å². The number of unbranched alkanes of at least 4 members (excludes halogenated alkanes) is 4. The van der Waals surface area contributed by atoms with Gasteiger partial charge >= 0.3 is 0 Å². The molecule has 4 aromatic rings. The first-order chi connectivity index (χ1) is 16.1. The zero-order chi connectivity index (χ0) is 22.9. The third kappa shape index (κ3) is 4.02. The van der Waals surface area contributed by atoms with E-state index in [4.69, 9.17) is 0 Å². The average molecular weight is 523 g/mol. The molecule has 168 valence electrons. The third-order valence-corrected chi connectivity index (χ3v) is 7.45. The van der Waals surface area contributed by atoms with Crippen LogP contribution in [0, 0.1) is 0 Å². The van der Waals surface area contributed by atoms with Crippen LogP contribution in [0.2, 0.25) is 0 Å². The van der Waals surface area contributed by atoms with Crippen LogP contribution in [0.25, 0.3) is 21.9 Å². The number of carbonyl (C=O) groups is 1. The monoisotopic (exact) mass is 522 g/mol. The molecule has 3 heterocycles. The van der Waals surface area contributed by atoms with E-state index in [0.717, 1.165) is 34.1 Å². The van der Waals surface area contributed by atoms with Crippen molar-refractivity contribution in [3.8, 4) is 11.4 Å². The molecule has 6 nitrogen and oxygen atoms in total. The Morgan fingerprint density at radius 1 is 0.970 bits per heavy atom. The lowest BCUT2D eigenvalue weighted by Gasteiger charge is -2.16. The van der Waals surface area contributed by atoms with Crippen LogP contribution < -0.4 is 15.0 Å². The lowest BCUT2D eigenvalue weighted by Crippen LogP contribution is -2.33. The minimum absolute atomic E-state index is 0.110. The summed E-state index contributed by atoms with van der Waals surface area (Å²) in [5.74, 6) is 0.385. The molecule has 0 spiro atoms. The summed E-state index contributed by atoms with van der Waals surface area (Å²) < 4.78 is 2.68. The van der Waals surface area contributed by atoms with E-state index >= 15 is 0 Å². The molecule has 1 aliphatic heterocycles. The van der Waals surface area contributed by atoms with E-state index in [-0.39, 0.29) is 11.5 Å². The van der Waals surface area contributed by atoms with Crippen LogP contribution in [-0.4, -0.2) is 27.0 Å². The van der Waals surface area contributed by atoms with Gasteiger partial charge in [-0.1, -0.05) is 90.2 Å².